The van der Waals surface area contributed by atoms with E-state index < -0.39 is 0 Å². The summed E-state index contributed by atoms with van der Waals surface area (Å²) in [6.07, 6.45) is 16.9. The van der Waals surface area contributed by atoms with Gasteiger partial charge in [0.2, 0.25) is 0 Å². The Morgan fingerprint density at radius 3 is 2.05 bits per heavy atom. The molecule has 20 heavy (non-hydrogen) atoms. The predicted molar refractivity (Wildman–Crippen MR) is 84.7 cm³/mol. The number of carbonyl (C=O) groups is 1. The van der Waals surface area contributed by atoms with E-state index in [2.05, 4.69) is 11.7 Å². The highest BCUT2D eigenvalue weighted by molar-refractivity contribution is 5.68. The Labute approximate surface area is 125 Å². The van der Waals surface area contributed by atoms with E-state index in [-0.39, 0.29) is 5.97 Å². The van der Waals surface area contributed by atoms with Crippen molar-refractivity contribution >= 4 is 5.97 Å². The minimum absolute atomic E-state index is 0.0612. The number of hydrogen-bond acceptors (Lipinski definition) is 2. The number of unbranched alkanes of at least 4 members (excludes halogenated alkanes) is 7. The lowest BCUT2D eigenvalue weighted by molar-refractivity contribution is -0.140. The summed E-state index contributed by atoms with van der Waals surface area (Å²) in [7, 11) is 1.47. The molecule has 0 aromatic rings. The smallest absolute Gasteiger partial charge is 0.305 e. The Morgan fingerprint density at radius 2 is 1.45 bits per heavy atom. The maximum atomic E-state index is 10.9. The van der Waals surface area contributed by atoms with E-state index in [0.717, 1.165) is 18.3 Å². The highest BCUT2D eigenvalue weighted by Gasteiger charge is 2.34. The molecule has 2 heteroatoms. The first-order valence-electron chi connectivity index (χ1n) is 8.84. The predicted octanol–water partition coefficient (Wildman–Crippen LogP) is 5.50. The summed E-state index contributed by atoms with van der Waals surface area (Å²) in [4.78, 5) is 10.9. The van der Waals surface area contributed by atoms with Gasteiger partial charge in [0, 0.05) is 6.42 Å². The van der Waals surface area contributed by atoms with Crippen LogP contribution in [0.5, 0.6) is 0 Å². The molecule has 0 saturated heterocycles. The first kappa shape index (κ1) is 17.5. The second-order valence-corrected chi connectivity index (χ2v) is 6.49. The van der Waals surface area contributed by atoms with Gasteiger partial charge in [0.15, 0.2) is 0 Å². The van der Waals surface area contributed by atoms with Gasteiger partial charge in [-0.2, -0.15) is 0 Å². The SMILES string of the molecule is CCCCCC[C@H]1C[C@H]1CCCCCCCC(=O)OC. The van der Waals surface area contributed by atoms with Crippen molar-refractivity contribution in [3.63, 3.8) is 0 Å². The van der Waals surface area contributed by atoms with Crippen LogP contribution in [0.4, 0.5) is 0 Å². The highest BCUT2D eigenvalue weighted by atomic mass is 16.5. The Hall–Kier alpha value is -0.530. The zero-order valence-corrected chi connectivity index (χ0v) is 13.7. The fraction of sp³-hybridized carbons (Fsp3) is 0.944. The number of esters is 1. The molecule has 1 rings (SSSR count). The summed E-state index contributed by atoms with van der Waals surface area (Å²) in [6, 6.07) is 0. The van der Waals surface area contributed by atoms with E-state index in [1.54, 1.807) is 0 Å². The lowest BCUT2D eigenvalue weighted by atomic mass is 10.0. The van der Waals surface area contributed by atoms with Crippen LogP contribution in [0.25, 0.3) is 0 Å². The minimum atomic E-state index is -0.0612. The van der Waals surface area contributed by atoms with Crippen LogP contribution in [-0.2, 0) is 9.53 Å². The van der Waals surface area contributed by atoms with Crippen LogP contribution in [0.2, 0.25) is 0 Å². The summed E-state index contributed by atoms with van der Waals surface area (Å²) in [5, 5.41) is 0. The van der Waals surface area contributed by atoms with Gasteiger partial charge in [-0.1, -0.05) is 71.1 Å². The summed E-state index contributed by atoms with van der Waals surface area (Å²) in [6.45, 7) is 2.28. The first-order valence-corrected chi connectivity index (χ1v) is 8.84. The van der Waals surface area contributed by atoms with E-state index >= 15 is 0 Å². The van der Waals surface area contributed by atoms with Crippen LogP contribution in [0.15, 0.2) is 0 Å². The van der Waals surface area contributed by atoms with Gasteiger partial charge < -0.3 is 4.74 Å². The number of hydrogen-bond donors (Lipinski definition) is 0. The van der Waals surface area contributed by atoms with Gasteiger partial charge in [0.05, 0.1) is 7.11 Å². The molecular weight excluding hydrogens is 248 g/mol. The van der Waals surface area contributed by atoms with Crippen LogP contribution in [0, 0.1) is 11.8 Å². The molecule has 0 spiro atoms. The maximum Gasteiger partial charge on any atom is 0.305 e. The zero-order valence-electron chi connectivity index (χ0n) is 13.7. The van der Waals surface area contributed by atoms with Crippen molar-refractivity contribution in [2.45, 2.75) is 90.4 Å². The third-order valence-electron chi connectivity index (χ3n) is 4.68. The molecule has 1 aliphatic carbocycles. The van der Waals surface area contributed by atoms with Gasteiger partial charge >= 0.3 is 5.97 Å². The van der Waals surface area contributed by atoms with Gasteiger partial charge in [-0.3, -0.25) is 4.79 Å². The van der Waals surface area contributed by atoms with Gasteiger partial charge in [0.25, 0.3) is 0 Å². The van der Waals surface area contributed by atoms with Crippen LogP contribution in [-0.4, -0.2) is 13.1 Å². The molecule has 0 radical (unpaired) electrons. The Balaban J connectivity index is 1.78. The highest BCUT2D eigenvalue weighted by Crippen LogP contribution is 2.45. The quantitative estimate of drug-likeness (QED) is 0.329. The Bertz CT molecular complexity index is 250. The van der Waals surface area contributed by atoms with Gasteiger partial charge in [0.1, 0.15) is 0 Å². The molecule has 0 amide bonds. The lowest BCUT2D eigenvalue weighted by Gasteiger charge is -2.02. The Kier molecular flexibility index (Phi) is 9.78. The summed E-state index contributed by atoms with van der Waals surface area (Å²) in [5.74, 6) is 2.08. The van der Waals surface area contributed by atoms with Crippen LogP contribution >= 0.6 is 0 Å². The largest absolute Gasteiger partial charge is 0.469 e. The minimum Gasteiger partial charge on any atom is -0.469 e. The second kappa shape index (κ2) is 11.2. The zero-order chi connectivity index (χ0) is 14.6. The Morgan fingerprint density at radius 1 is 0.900 bits per heavy atom. The van der Waals surface area contributed by atoms with Crippen LogP contribution < -0.4 is 0 Å². The van der Waals surface area contributed by atoms with Crippen LogP contribution in [0.3, 0.4) is 0 Å². The topological polar surface area (TPSA) is 26.3 Å². The molecule has 0 bridgehead atoms. The lowest BCUT2D eigenvalue weighted by Crippen LogP contribution is -1.99. The molecule has 1 fully saturated rings. The van der Waals surface area contributed by atoms with E-state index in [1.807, 2.05) is 0 Å². The van der Waals surface area contributed by atoms with Crippen molar-refractivity contribution in [2.24, 2.45) is 11.8 Å². The fourth-order valence-electron chi connectivity index (χ4n) is 3.16. The molecule has 1 saturated carbocycles. The van der Waals surface area contributed by atoms with E-state index in [1.165, 1.54) is 77.7 Å². The molecular formula is C18H34O2. The number of methoxy groups -OCH3 is 1. The molecule has 0 heterocycles. The van der Waals surface area contributed by atoms with Crippen molar-refractivity contribution in [3.8, 4) is 0 Å². The van der Waals surface area contributed by atoms with Crippen molar-refractivity contribution in [1.82, 2.24) is 0 Å². The maximum absolute atomic E-state index is 10.9. The van der Waals surface area contributed by atoms with E-state index in [9.17, 15) is 4.79 Å². The number of rotatable bonds is 13. The molecule has 2 nitrogen and oxygen atoms in total. The van der Waals surface area contributed by atoms with E-state index in [0.29, 0.717) is 6.42 Å². The van der Waals surface area contributed by atoms with E-state index in [4.69, 9.17) is 0 Å². The molecule has 118 valence electrons. The van der Waals surface area contributed by atoms with Gasteiger partial charge in [-0.25, -0.2) is 0 Å². The monoisotopic (exact) mass is 282 g/mol. The molecule has 0 unspecified atom stereocenters. The molecule has 0 aromatic carbocycles. The molecule has 0 aromatic heterocycles. The first-order chi connectivity index (χ1) is 9.77. The molecule has 2 atom stereocenters. The fourth-order valence-corrected chi connectivity index (χ4v) is 3.16. The van der Waals surface area contributed by atoms with Crippen molar-refractivity contribution in [1.29, 1.82) is 0 Å². The normalized spacial score (nSPS) is 20.9. The average Bonchev–Trinajstić information content (AvgIpc) is 3.20. The summed E-state index contributed by atoms with van der Waals surface area (Å²) in [5.41, 5.74) is 0. The summed E-state index contributed by atoms with van der Waals surface area (Å²) >= 11 is 0. The van der Waals surface area contributed by atoms with Gasteiger partial charge in [-0.15, -0.1) is 0 Å². The van der Waals surface area contributed by atoms with Crippen LogP contribution in [0.1, 0.15) is 90.4 Å². The molecule has 1 aliphatic rings. The van der Waals surface area contributed by atoms with Crippen molar-refractivity contribution < 1.29 is 9.53 Å². The number of ether oxygens (including phenoxy) is 1. The molecule has 0 aliphatic heterocycles. The standard InChI is InChI=1S/C18H34O2/c1-3-4-5-9-12-16-15-17(16)13-10-7-6-8-11-14-18(19)20-2/h16-17H,3-15H2,1-2H3/t16-,17+/m0/s1. The molecule has 0 N–H and O–H groups in total. The summed E-state index contributed by atoms with van der Waals surface area (Å²) < 4.78 is 4.64. The van der Waals surface area contributed by atoms with Crippen molar-refractivity contribution in [3.05, 3.63) is 0 Å². The average molecular weight is 282 g/mol. The third kappa shape index (κ3) is 8.60. The van der Waals surface area contributed by atoms with Crippen molar-refractivity contribution in [2.75, 3.05) is 7.11 Å². The van der Waals surface area contributed by atoms with Gasteiger partial charge in [-0.05, 0) is 24.7 Å². The number of carbonyl (C=O) groups excluding carboxylic acids is 1. The third-order valence-corrected chi connectivity index (χ3v) is 4.68. The second-order valence-electron chi connectivity index (χ2n) is 6.49.